The summed E-state index contributed by atoms with van der Waals surface area (Å²) in [5.74, 6) is -0.118. The van der Waals surface area contributed by atoms with Crippen LogP contribution in [0, 0.1) is 5.41 Å². The standard InChI is InChI=1S/C10H20N2O2/c1-5-14-9(13)8-6-10(2,3)7-12(8)11-4/h8,11H,5-7H2,1-4H3. The molecule has 1 N–H and O–H groups in total. The van der Waals surface area contributed by atoms with E-state index in [1.165, 1.54) is 0 Å². The molecule has 14 heavy (non-hydrogen) atoms. The van der Waals surface area contributed by atoms with Gasteiger partial charge in [0.25, 0.3) is 0 Å². The molecule has 1 rings (SSSR count). The molecule has 1 atom stereocenters. The number of rotatable bonds is 3. The second-order valence-electron chi connectivity index (χ2n) is 4.49. The summed E-state index contributed by atoms with van der Waals surface area (Å²) in [6.07, 6.45) is 0.854. The number of hydrazine groups is 1. The first kappa shape index (κ1) is 11.5. The van der Waals surface area contributed by atoms with Gasteiger partial charge in [0, 0.05) is 6.54 Å². The predicted molar refractivity (Wildman–Crippen MR) is 54.6 cm³/mol. The Hall–Kier alpha value is -0.610. The van der Waals surface area contributed by atoms with Crippen molar-refractivity contribution in [3.05, 3.63) is 0 Å². The van der Waals surface area contributed by atoms with Gasteiger partial charge in [-0.15, -0.1) is 0 Å². The van der Waals surface area contributed by atoms with Crippen molar-refractivity contribution in [2.24, 2.45) is 5.41 Å². The Kier molecular flexibility index (Phi) is 3.50. The number of nitrogens with zero attached hydrogens (tertiary/aromatic N) is 1. The zero-order valence-electron chi connectivity index (χ0n) is 9.46. The van der Waals surface area contributed by atoms with Crippen LogP contribution in [0.5, 0.6) is 0 Å². The van der Waals surface area contributed by atoms with Crippen LogP contribution in [-0.4, -0.2) is 37.2 Å². The van der Waals surface area contributed by atoms with Gasteiger partial charge in [0.2, 0.25) is 0 Å². The number of esters is 1. The lowest BCUT2D eigenvalue weighted by Crippen LogP contribution is -2.44. The van der Waals surface area contributed by atoms with Crippen molar-refractivity contribution in [3.63, 3.8) is 0 Å². The van der Waals surface area contributed by atoms with Gasteiger partial charge in [0.05, 0.1) is 6.61 Å². The van der Waals surface area contributed by atoms with Gasteiger partial charge in [0.15, 0.2) is 0 Å². The molecule has 0 radical (unpaired) electrons. The predicted octanol–water partition coefficient (Wildman–Crippen LogP) is 0.784. The minimum absolute atomic E-state index is 0.118. The highest BCUT2D eigenvalue weighted by molar-refractivity contribution is 5.76. The molecule has 0 aromatic rings. The molecule has 4 heteroatoms. The molecule has 0 amide bonds. The minimum atomic E-state index is -0.130. The SMILES string of the molecule is CCOC(=O)C1CC(C)(C)CN1NC. The van der Waals surface area contributed by atoms with Crippen LogP contribution in [0.3, 0.4) is 0 Å². The van der Waals surface area contributed by atoms with E-state index in [2.05, 4.69) is 19.3 Å². The summed E-state index contributed by atoms with van der Waals surface area (Å²) in [7, 11) is 1.84. The van der Waals surface area contributed by atoms with Crippen LogP contribution in [0.25, 0.3) is 0 Å². The van der Waals surface area contributed by atoms with E-state index in [4.69, 9.17) is 4.74 Å². The Bertz CT molecular complexity index is 216. The van der Waals surface area contributed by atoms with Gasteiger partial charge in [0.1, 0.15) is 6.04 Å². The first-order chi connectivity index (χ1) is 6.50. The summed E-state index contributed by atoms with van der Waals surface area (Å²) < 4.78 is 5.03. The van der Waals surface area contributed by atoms with Crippen LogP contribution in [0.2, 0.25) is 0 Å². The molecule has 0 aliphatic carbocycles. The van der Waals surface area contributed by atoms with Crippen LogP contribution in [0.15, 0.2) is 0 Å². The smallest absolute Gasteiger partial charge is 0.324 e. The zero-order chi connectivity index (χ0) is 10.8. The highest BCUT2D eigenvalue weighted by Gasteiger charge is 2.41. The number of carbonyl (C=O) groups is 1. The largest absolute Gasteiger partial charge is 0.465 e. The molecule has 1 saturated heterocycles. The zero-order valence-corrected chi connectivity index (χ0v) is 9.46. The van der Waals surface area contributed by atoms with Crippen molar-refractivity contribution < 1.29 is 9.53 Å². The van der Waals surface area contributed by atoms with Crippen LogP contribution >= 0.6 is 0 Å². The third kappa shape index (κ3) is 2.45. The summed E-state index contributed by atoms with van der Waals surface area (Å²) in [5, 5.41) is 1.96. The molecule has 82 valence electrons. The Labute approximate surface area is 85.6 Å². The number of hydrogen-bond donors (Lipinski definition) is 1. The molecule has 1 heterocycles. The first-order valence-corrected chi connectivity index (χ1v) is 5.11. The molecule has 1 unspecified atom stereocenters. The maximum atomic E-state index is 11.6. The summed E-state index contributed by atoms with van der Waals surface area (Å²) in [5.41, 5.74) is 3.22. The topological polar surface area (TPSA) is 41.6 Å². The van der Waals surface area contributed by atoms with E-state index < -0.39 is 0 Å². The molecule has 0 saturated carbocycles. The molecule has 1 fully saturated rings. The number of hydrogen-bond acceptors (Lipinski definition) is 4. The maximum absolute atomic E-state index is 11.6. The van der Waals surface area contributed by atoms with Crippen molar-refractivity contribution in [1.29, 1.82) is 0 Å². The second kappa shape index (κ2) is 4.28. The number of carbonyl (C=O) groups excluding carboxylic acids is 1. The van der Waals surface area contributed by atoms with Crippen LogP contribution in [0.1, 0.15) is 27.2 Å². The monoisotopic (exact) mass is 200 g/mol. The second-order valence-corrected chi connectivity index (χ2v) is 4.49. The lowest BCUT2D eigenvalue weighted by molar-refractivity contribution is -0.149. The molecule has 0 spiro atoms. The molecule has 0 aromatic carbocycles. The minimum Gasteiger partial charge on any atom is -0.465 e. The normalized spacial score (nSPS) is 26.4. The van der Waals surface area contributed by atoms with Crippen molar-refractivity contribution in [3.8, 4) is 0 Å². The Morgan fingerprint density at radius 1 is 1.64 bits per heavy atom. The number of nitrogens with one attached hydrogen (secondary N) is 1. The average molecular weight is 200 g/mol. The molecule has 0 bridgehead atoms. The Balaban J connectivity index is 2.63. The van der Waals surface area contributed by atoms with Gasteiger partial charge in [-0.2, -0.15) is 0 Å². The van der Waals surface area contributed by atoms with Crippen molar-refractivity contribution in [2.75, 3.05) is 20.2 Å². The number of ether oxygens (including phenoxy) is 1. The van der Waals surface area contributed by atoms with Crippen molar-refractivity contribution in [2.45, 2.75) is 33.2 Å². The van der Waals surface area contributed by atoms with E-state index >= 15 is 0 Å². The fourth-order valence-corrected chi connectivity index (χ4v) is 1.95. The summed E-state index contributed by atoms with van der Waals surface area (Å²) in [4.78, 5) is 11.6. The van der Waals surface area contributed by atoms with Crippen molar-refractivity contribution in [1.82, 2.24) is 10.4 Å². The highest BCUT2D eigenvalue weighted by atomic mass is 16.5. The van der Waals surface area contributed by atoms with Crippen LogP contribution in [-0.2, 0) is 9.53 Å². The van der Waals surface area contributed by atoms with E-state index in [-0.39, 0.29) is 17.4 Å². The molecule has 1 aliphatic rings. The third-order valence-electron chi connectivity index (χ3n) is 2.57. The fraction of sp³-hybridized carbons (Fsp3) is 0.900. The maximum Gasteiger partial charge on any atom is 0.324 e. The lowest BCUT2D eigenvalue weighted by atomic mass is 9.91. The lowest BCUT2D eigenvalue weighted by Gasteiger charge is -2.21. The van der Waals surface area contributed by atoms with E-state index in [0.29, 0.717) is 6.61 Å². The Morgan fingerprint density at radius 3 is 2.79 bits per heavy atom. The van der Waals surface area contributed by atoms with Gasteiger partial charge in [-0.05, 0) is 25.8 Å². The molecule has 4 nitrogen and oxygen atoms in total. The van der Waals surface area contributed by atoms with E-state index in [1.807, 2.05) is 19.0 Å². The van der Waals surface area contributed by atoms with E-state index in [1.54, 1.807) is 0 Å². The van der Waals surface area contributed by atoms with E-state index in [9.17, 15) is 4.79 Å². The van der Waals surface area contributed by atoms with E-state index in [0.717, 1.165) is 13.0 Å². The van der Waals surface area contributed by atoms with Gasteiger partial charge in [-0.25, -0.2) is 5.01 Å². The molecule has 0 aromatic heterocycles. The quantitative estimate of drug-likeness (QED) is 0.684. The molecule has 1 aliphatic heterocycles. The van der Waals surface area contributed by atoms with Crippen LogP contribution in [0.4, 0.5) is 0 Å². The molecular weight excluding hydrogens is 180 g/mol. The highest BCUT2D eigenvalue weighted by Crippen LogP contribution is 2.32. The summed E-state index contributed by atoms with van der Waals surface area (Å²) in [6.45, 7) is 7.50. The van der Waals surface area contributed by atoms with Gasteiger partial charge in [-0.1, -0.05) is 13.8 Å². The van der Waals surface area contributed by atoms with Crippen molar-refractivity contribution >= 4 is 5.97 Å². The van der Waals surface area contributed by atoms with Crippen LogP contribution < -0.4 is 5.43 Å². The molecular formula is C10H20N2O2. The third-order valence-corrected chi connectivity index (χ3v) is 2.57. The Morgan fingerprint density at radius 2 is 2.29 bits per heavy atom. The average Bonchev–Trinajstić information content (AvgIpc) is 2.41. The van der Waals surface area contributed by atoms with Gasteiger partial charge >= 0.3 is 5.97 Å². The summed E-state index contributed by atoms with van der Waals surface area (Å²) >= 11 is 0. The fourth-order valence-electron chi connectivity index (χ4n) is 1.95. The summed E-state index contributed by atoms with van der Waals surface area (Å²) in [6, 6.07) is -0.130. The van der Waals surface area contributed by atoms with Gasteiger partial charge < -0.3 is 4.74 Å². The first-order valence-electron chi connectivity index (χ1n) is 5.11. The van der Waals surface area contributed by atoms with Gasteiger partial charge in [-0.3, -0.25) is 10.2 Å².